The molecule has 7 aromatic carbocycles. The van der Waals surface area contributed by atoms with Gasteiger partial charge in [-0.15, -0.1) is 139 Å². The summed E-state index contributed by atoms with van der Waals surface area (Å²) in [5, 5.41) is 99.4. The number of carbonyl (C=O) groups is 7. The van der Waals surface area contributed by atoms with Crippen LogP contribution in [0.4, 0.5) is 43.9 Å². The summed E-state index contributed by atoms with van der Waals surface area (Å²) in [6.07, 6.45) is 2.46. The Balaban J connectivity index is 0.000000130. The average Bonchev–Trinajstić information content (AvgIpc) is 1.71. The number of phenolic OH excluding ortho intramolecular Hbond substituents is 4. The zero-order valence-electron chi connectivity index (χ0n) is 66.8. The molecule has 1 aliphatic carbocycles. The number of nitrogens with zero attached hydrogens (tertiary/aromatic N) is 12. The summed E-state index contributed by atoms with van der Waals surface area (Å²) in [5.41, 5.74) is 3.51. The Morgan fingerprint density at radius 3 is 1.07 bits per heavy atom. The van der Waals surface area contributed by atoms with Crippen molar-refractivity contribution >= 4 is 303 Å². The number of phenols is 4. The molecule has 59 heteroatoms. The molecular formula is C78H47ClF10N12O22S14. The van der Waals surface area contributed by atoms with Gasteiger partial charge < -0.3 is 55.2 Å². The number of carbonyl (C=O) groups excluding carboxylic acids is 2. The van der Waals surface area contributed by atoms with Crippen molar-refractivity contribution in [1.82, 2.24) is 29.9 Å². The molecule has 10 N–H and O–H groups in total. The van der Waals surface area contributed by atoms with Crippen molar-refractivity contribution in [2.75, 3.05) is 41.1 Å². The number of fused-ring (bicyclic) bond motifs is 6. The molecule has 712 valence electrons. The van der Waals surface area contributed by atoms with Crippen LogP contribution in [0.5, 0.6) is 28.7 Å². The molecule has 0 amide bonds. The first-order valence-corrected chi connectivity index (χ1v) is 51.9. The molecule has 6 aromatic heterocycles. The molecule has 7 aliphatic rings. The quantitative estimate of drug-likeness (QED) is 0.00817. The van der Waals surface area contributed by atoms with Gasteiger partial charge in [-0.1, -0.05) is 12.1 Å². The number of benzene rings is 7. The Hall–Kier alpha value is -11.4. The fourth-order valence-electron chi connectivity index (χ4n) is 11.6. The van der Waals surface area contributed by atoms with E-state index >= 15 is 0 Å². The highest BCUT2D eigenvalue weighted by Gasteiger charge is 2.39. The Morgan fingerprint density at radius 2 is 0.686 bits per heavy atom. The zero-order chi connectivity index (χ0) is 98.8. The van der Waals surface area contributed by atoms with Crippen LogP contribution in [0.3, 0.4) is 0 Å². The number of aliphatic hydroxyl groups excluding tert-OH is 1. The van der Waals surface area contributed by atoms with Gasteiger partial charge in [-0.05, 0) is 60.7 Å². The average molecular weight is 2180 g/mol. The van der Waals surface area contributed by atoms with Gasteiger partial charge in [0.1, 0.15) is 77.6 Å². The van der Waals surface area contributed by atoms with Crippen molar-refractivity contribution in [3.05, 3.63) is 189 Å². The minimum absolute atomic E-state index is 0.0482. The summed E-state index contributed by atoms with van der Waals surface area (Å²) >= 11 is 16.4. The van der Waals surface area contributed by atoms with E-state index in [1.54, 1.807) is 59.5 Å². The van der Waals surface area contributed by atoms with Crippen LogP contribution in [-0.2, 0) is 52.7 Å². The van der Waals surface area contributed by atoms with Gasteiger partial charge in [0.15, 0.2) is 98.0 Å². The number of thioether (sulfide) groups is 6. The van der Waals surface area contributed by atoms with Gasteiger partial charge in [0.25, 0.3) is 9.05 Å². The number of hydrogen-bond acceptors (Lipinski definition) is 41. The molecule has 34 nitrogen and oxygen atoms in total. The maximum absolute atomic E-state index is 13.9. The number of aromatic hydroxyl groups is 4. The molecule has 0 saturated carbocycles. The van der Waals surface area contributed by atoms with Crippen molar-refractivity contribution in [2.24, 2.45) is 30.0 Å². The molecule has 0 bridgehead atoms. The first-order chi connectivity index (χ1) is 64.9. The summed E-state index contributed by atoms with van der Waals surface area (Å²) in [6.45, 7) is 0.126. The Labute approximate surface area is 810 Å². The number of aliphatic hydroxyl groups is 1. The largest absolute Gasteiger partial charge is 0.508 e. The summed E-state index contributed by atoms with van der Waals surface area (Å²) < 4.78 is 185. The van der Waals surface area contributed by atoms with E-state index in [2.05, 4.69) is 80.8 Å². The number of halogens is 11. The van der Waals surface area contributed by atoms with Crippen LogP contribution in [-0.4, -0.2) is 247 Å². The fourth-order valence-corrected chi connectivity index (χ4v) is 26.2. The fraction of sp³-hybridized carbons (Fsp3) is 0.167. The second-order valence-corrected chi connectivity index (χ2v) is 43.7. The lowest BCUT2D eigenvalue weighted by molar-refractivity contribution is -0.138. The number of aromatic nitrogens is 6. The van der Waals surface area contributed by atoms with Crippen LogP contribution in [0.15, 0.2) is 131 Å². The van der Waals surface area contributed by atoms with Gasteiger partial charge in [-0.2, -0.15) is 8.42 Å². The molecule has 0 saturated heterocycles. The third-order valence-electron chi connectivity index (χ3n) is 18.1. The molecule has 6 atom stereocenters. The SMILES string of the molecule is O=C(O)[C@H]1CSC(c2nc3cc(O)c(O)cc3s2)=N1.O=C(O)[C@H]1CSC(c2nc3ccc(O)cc3s2)=N1.O=C(O)[C@H]1CSC(c2nc3ccc(O)cc3s2)=N1.O=C(O)[C@H]1CSC(c2nc3ccc(OS(=O)(=O)c4c(F)c(F)c(F)c(F)c4F)cc3s2)=N1.O=C1C=c2nc(C3=N[C@@H](C(=O)O)CS3)sc2=CC1=O.O=S(=O)(Cl)c1c(F)c(F)c(F)c(F)c1F.OC[C@H]1CSC(c2nc3ccccc3s2)=N1. The highest BCUT2D eigenvalue weighted by molar-refractivity contribution is 8.16. The Morgan fingerprint density at radius 1 is 0.365 bits per heavy atom. The Kier molecular flexibility index (Phi) is 31.5. The highest BCUT2D eigenvalue weighted by Crippen LogP contribution is 2.41. The molecule has 12 heterocycles. The summed E-state index contributed by atoms with van der Waals surface area (Å²) in [4.78, 5) is 124. The van der Waals surface area contributed by atoms with Crippen LogP contribution < -0.4 is 14.1 Å². The van der Waals surface area contributed by atoms with Crippen LogP contribution in [0.1, 0.15) is 30.0 Å². The van der Waals surface area contributed by atoms with Gasteiger partial charge in [0.2, 0.25) is 23.2 Å². The van der Waals surface area contributed by atoms with E-state index in [0.717, 1.165) is 65.2 Å². The van der Waals surface area contributed by atoms with Crippen LogP contribution in [0, 0.1) is 58.2 Å². The van der Waals surface area contributed by atoms with E-state index in [1.807, 2.05) is 18.2 Å². The second kappa shape index (κ2) is 42.5. The number of aliphatic imine (C=N–C) groups is 6. The van der Waals surface area contributed by atoms with Crippen molar-refractivity contribution in [2.45, 2.75) is 46.0 Å². The smallest absolute Gasteiger partial charge is 0.345 e. The van der Waals surface area contributed by atoms with Gasteiger partial charge in [0, 0.05) is 75.6 Å². The Bertz CT molecular complexity index is 7510. The summed E-state index contributed by atoms with van der Waals surface area (Å²) in [7, 11) is -5.98. The normalized spacial score (nSPS) is 18.1. The van der Waals surface area contributed by atoms with Crippen molar-refractivity contribution < 1.29 is 150 Å². The topological polar surface area (TPSA) is 551 Å². The van der Waals surface area contributed by atoms with E-state index in [4.69, 9.17) is 30.6 Å². The number of Topliss-reactive ketones (excluding diaryl/α,β-unsaturated/α-hetero) is 2. The van der Waals surface area contributed by atoms with E-state index in [9.17, 15) is 115 Å². The molecule has 0 spiro atoms. The van der Waals surface area contributed by atoms with Crippen molar-refractivity contribution in [3.8, 4) is 28.7 Å². The maximum atomic E-state index is 13.9. The minimum atomic E-state index is -5.44. The van der Waals surface area contributed by atoms with E-state index < -0.39 is 165 Å². The number of hydrogen-bond donors (Lipinski definition) is 10. The lowest BCUT2D eigenvalue weighted by Gasteiger charge is -2.10. The lowest BCUT2D eigenvalue weighted by Crippen LogP contribution is -2.31. The van der Waals surface area contributed by atoms with E-state index in [0.29, 0.717) is 104 Å². The van der Waals surface area contributed by atoms with Crippen LogP contribution in [0.2, 0.25) is 0 Å². The predicted molar refractivity (Wildman–Crippen MR) is 500 cm³/mol. The molecule has 0 radical (unpaired) electrons. The molecule has 13 aromatic rings. The highest BCUT2D eigenvalue weighted by atomic mass is 35.7. The first kappa shape index (κ1) is 102. The molecule has 0 unspecified atom stereocenters. The number of ketones is 2. The molecular weight excluding hydrogens is 2130 g/mol. The first-order valence-electron chi connectivity index (χ1n) is 37.4. The minimum Gasteiger partial charge on any atom is -0.508 e. The van der Waals surface area contributed by atoms with Crippen molar-refractivity contribution in [3.63, 3.8) is 0 Å². The molecule has 6 aliphatic heterocycles. The standard InChI is InChI=1S/C17H7F5N2O5S3.C11H8N2O4S2.C11H6N2O4S2.2C11H8N2O3S2.C11H10N2OS2.C6ClF5O2S/c18-9-10(19)12(21)14(13(22)11(9)20)32(27,28)29-5-1-2-6-8(3-5)31-16(23-6)15-24-7(4-30-15)17(25)26;2*14-6-1-4-8(2-7(6)15)19-10(12-4)9-13-5(3-18-9)11(16)17;2*14-5-1-2-6-8(3-5)18-10(12-6)9-13-7(4-17-9)11(15)16;14-5-7-6-15-10(12-7)11-13-8-3-1-2-4-9(8)16-11;7-15(13,14)6-4(11)2(9)1(8)3(10)5(6)12/h1-3,7H,4H2,(H,25,26);1-2,5,14-15H,3H2,(H,16,17);1-2,5H,3H2,(H,16,17);2*1-3,7,14H,4H2,(H,15,16);1-4,7,14H,5-6H2;/t7-;2*5-;3*7-;/m111110./s1. The second-order valence-electron chi connectivity index (χ2n) is 27.4. The number of thiazole rings is 6. The number of aliphatic carboxylic acids is 5. The van der Waals surface area contributed by atoms with Gasteiger partial charge in [-0.25, -0.2) is 106 Å². The number of rotatable bonds is 16. The van der Waals surface area contributed by atoms with Gasteiger partial charge >= 0.3 is 40.0 Å². The summed E-state index contributed by atoms with van der Waals surface area (Å²) in [5.74, 6) is -28.3. The number of para-hydroxylation sites is 1. The van der Waals surface area contributed by atoms with Gasteiger partial charge in [0.05, 0.1) is 73.6 Å². The molecule has 0 fully saturated rings. The predicted octanol–water partition coefficient (Wildman–Crippen LogP) is 12.5. The molecule has 20 rings (SSSR count). The van der Waals surface area contributed by atoms with Crippen LogP contribution >= 0.6 is 149 Å². The van der Waals surface area contributed by atoms with Gasteiger partial charge in [-0.3, -0.25) is 39.5 Å². The zero-order valence-corrected chi connectivity index (χ0v) is 79.0. The third kappa shape index (κ3) is 23.3. The maximum Gasteiger partial charge on any atom is 0.345 e. The van der Waals surface area contributed by atoms with Crippen LogP contribution in [0.25, 0.3) is 63.2 Å². The summed E-state index contributed by atoms with van der Waals surface area (Å²) in [6, 6.07) is 20.6. The van der Waals surface area contributed by atoms with Crippen molar-refractivity contribution in [1.29, 1.82) is 0 Å². The molecule has 137 heavy (non-hydrogen) atoms. The van der Waals surface area contributed by atoms with E-state index in [1.165, 1.54) is 139 Å². The lowest BCUT2D eigenvalue weighted by atomic mass is 10.2. The third-order valence-corrected chi connectivity index (χ3v) is 34.0. The monoisotopic (exact) mass is 2180 g/mol. The number of carboxylic acid groups (broad SMARTS) is 5. The van der Waals surface area contributed by atoms with E-state index in [-0.39, 0.29) is 41.4 Å². The number of carboxylic acids is 5.